The Morgan fingerprint density at radius 3 is 2.21 bits per heavy atom. The summed E-state index contributed by atoms with van der Waals surface area (Å²) in [7, 11) is -0.401. The summed E-state index contributed by atoms with van der Waals surface area (Å²) in [4.78, 5) is 18.6. The molecule has 1 aliphatic heterocycles. The van der Waals surface area contributed by atoms with Gasteiger partial charge in [-0.2, -0.15) is 0 Å². The van der Waals surface area contributed by atoms with E-state index in [0.717, 1.165) is 16.7 Å². The van der Waals surface area contributed by atoms with Crippen molar-refractivity contribution in [2.45, 2.75) is 58.8 Å². The molecule has 1 fully saturated rings. The van der Waals surface area contributed by atoms with E-state index in [2.05, 4.69) is 15.3 Å². The van der Waals surface area contributed by atoms with Crippen LogP contribution in [-0.2, 0) is 9.31 Å². The Bertz CT molecular complexity index is 829. The molecule has 0 saturated carbocycles. The first-order chi connectivity index (χ1) is 13.0. The van der Waals surface area contributed by atoms with Gasteiger partial charge in [0, 0.05) is 0 Å². The van der Waals surface area contributed by atoms with Crippen LogP contribution < -0.4 is 10.8 Å². The van der Waals surface area contributed by atoms with E-state index in [4.69, 9.17) is 14.4 Å². The monoisotopic (exact) mass is 385 g/mol. The summed E-state index contributed by atoms with van der Waals surface area (Å²) in [6.07, 6.45) is 0.654. The molecule has 1 atom stereocenters. The lowest BCUT2D eigenvalue weighted by Crippen LogP contribution is -2.41. The lowest BCUT2D eigenvalue weighted by Gasteiger charge is -2.32. The Hall–Kier alpha value is -2.32. The smallest absolute Gasteiger partial charge is 0.465 e. The molecule has 1 saturated heterocycles. The van der Waals surface area contributed by atoms with Crippen LogP contribution in [0.5, 0.6) is 0 Å². The van der Waals surface area contributed by atoms with Crippen molar-refractivity contribution in [3.63, 3.8) is 0 Å². The van der Waals surface area contributed by atoms with Gasteiger partial charge in [0.05, 0.1) is 29.1 Å². The van der Waals surface area contributed by atoms with E-state index >= 15 is 0 Å². The lowest BCUT2D eigenvalue weighted by atomic mass is 9.79. The molecular formula is C20H28BN3O4. The van der Waals surface area contributed by atoms with Crippen LogP contribution in [-0.4, -0.2) is 39.5 Å². The van der Waals surface area contributed by atoms with E-state index in [9.17, 15) is 4.79 Å². The van der Waals surface area contributed by atoms with Gasteiger partial charge in [-0.25, -0.2) is 9.78 Å². The molecule has 150 valence electrons. The van der Waals surface area contributed by atoms with Crippen molar-refractivity contribution in [2.24, 2.45) is 5.92 Å². The number of hydrogen-bond acceptors (Lipinski definition) is 4. The number of amides is 1. The highest BCUT2D eigenvalue weighted by molar-refractivity contribution is 6.62. The van der Waals surface area contributed by atoms with Crippen molar-refractivity contribution in [1.82, 2.24) is 15.3 Å². The third-order valence-electron chi connectivity index (χ3n) is 5.58. The third-order valence-corrected chi connectivity index (χ3v) is 5.58. The highest BCUT2D eigenvalue weighted by Gasteiger charge is 2.51. The molecule has 7 nitrogen and oxygen atoms in total. The number of rotatable bonds is 5. The normalized spacial score (nSPS) is 19.0. The second kappa shape index (κ2) is 7.26. The number of benzene rings is 1. The number of carboxylic acid groups (broad SMARTS) is 1. The Morgan fingerprint density at radius 1 is 1.14 bits per heavy atom. The van der Waals surface area contributed by atoms with Gasteiger partial charge in [-0.05, 0) is 44.6 Å². The second-order valence-electron chi connectivity index (χ2n) is 8.56. The maximum absolute atomic E-state index is 11.0. The zero-order valence-electron chi connectivity index (χ0n) is 17.2. The van der Waals surface area contributed by atoms with Crippen LogP contribution in [0.2, 0.25) is 0 Å². The molecule has 2 heterocycles. The van der Waals surface area contributed by atoms with Crippen molar-refractivity contribution in [3.05, 3.63) is 36.3 Å². The van der Waals surface area contributed by atoms with Gasteiger partial charge in [-0.1, -0.05) is 38.1 Å². The van der Waals surface area contributed by atoms with E-state index in [-0.39, 0.29) is 17.1 Å². The highest BCUT2D eigenvalue weighted by atomic mass is 16.7. The number of imidazole rings is 1. The molecular weight excluding hydrogens is 357 g/mol. The fraction of sp³-hybridized carbons (Fsp3) is 0.500. The number of hydrogen-bond donors (Lipinski definition) is 3. The number of nitrogens with one attached hydrogen (secondary N) is 2. The van der Waals surface area contributed by atoms with E-state index in [0.29, 0.717) is 5.82 Å². The van der Waals surface area contributed by atoms with E-state index in [1.807, 2.05) is 65.8 Å². The maximum Gasteiger partial charge on any atom is 0.494 e. The van der Waals surface area contributed by atoms with Gasteiger partial charge in [-0.15, -0.1) is 0 Å². The Kier molecular flexibility index (Phi) is 5.29. The van der Waals surface area contributed by atoms with E-state index in [1.54, 1.807) is 6.20 Å². The average molecular weight is 385 g/mol. The molecule has 28 heavy (non-hydrogen) atoms. The summed E-state index contributed by atoms with van der Waals surface area (Å²) in [5.41, 5.74) is 1.98. The SMILES string of the molecule is CC(C)C(NC(=O)O)c1ncc(-c2ccc(B3OC(C)(C)C(C)(C)O3)cc2)[nH]1. The molecule has 0 bridgehead atoms. The lowest BCUT2D eigenvalue weighted by molar-refractivity contribution is 0.00578. The summed E-state index contributed by atoms with van der Waals surface area (Å²) in [6.45, 7) is 12.0. The van der Waals surface area contributed by atoms with Gasteiger partial charge in [-0.3, -0.25) is 0 Å². The molecule has 8 heteroatoms. The summed E-state index contributed by atoms with van der Waals surface area (Å²) >= 11 is 0. The topological polar surface area (TPSA) is 96.5 Å². The molecule has 0 aliphatic carbocycles. The molecule has 3 N–H and O–H groups in total. The zero-order chi connectivity index (χ0) is 20.7. The van der Waals surface area contributed by atoms with Crippen LogP contribution in [0.1, 0.15) is 53.4 Å². The van der Waals surface area contributed by atoms with Crippen LogP contribution >= 0.6 is 0 Å². The minimum Gasteiger partial charge on any atom is -0.465 e. The fourth-order valence-electron chi connectivity index (χ4n) is 3.12. The molecule has 1 aromatic heterocycles. The first-order valence-corrected chi connectivity index (χ1v) is 9.50. The molecule has 2 aromatic rings. The Balaban J connectivity index is 1.78. The minimum absolute atomic E-state index is 0.0702. The Labute approximate surface area is 166 Å². The number of H-pyrrole nitrogens is 1. The molecule has 1 unspecified atom stereocenters. The maximum atomic E-state index is 11.0. The molecule has 3 rings (SSSR count). The molecule has 1 aromatic carbocycles. The van der Waals surface area contributed by atoms with Crippen LogP contribution in [0.4, 0.5) is 4.79 Å². The van der Waals surface area contributed by atoms with Gasteiger partial charge in [0.2, 0.25) is 0 Å². The highest BCUT2D eigenvalue weighted by Crippen LogP contribution is 2.36. The molecule has 0 radical (unpaired) electrons. The fourth-order valence-corrected chi connectivity index (χ4v) is 3.12. The quantitative estimate of drug-likeness (QED) is 0.686. The van der Waals surface area contributed by atoms with E-state index < -0.39 is 19.3 Å². The van der Waals surface area contributed by atoms with Crippen molar-refractivity contribution in [2.75, 3.05) is 0 Å². The van der Waals surface area contributed by atoms with Crippen molar-refractivity contribution < 1.29 is 19.2 Å². The predicted molar refractivity (Wildman–Crippen MR) is 108 cm³/mol. The van der Waals surface area contributed by atoms with Gasteiger partial charge in [0.25, 0.3) is 0 Å². The second-order valence-corrected chi connectivity index (χ2v) is 8.56. The summed E-state index contributed by atoms with van der Waals surface area (Å²) < 4.78 is 12.2. The predicted octanol–water partition coefficient (Wildman–Crippen LogP) is 3.34. The minimum atomic E-state index is -1.07. The zero-order valence-corrected chi connectivity index (χ0v) is 17.2. The van der Waals surface area contributed by atoms with Gasteiger partial charge in [0.15, 0.2) is 0 Å². The average Bonchev–Trinajstić information content (AvgIpc) is 3.15. The molecule has 1 amide bonds. The van der Waals surface area contributed by atoms with E-state index in [1.165, 1.54) is 0 Å². The van der Waals surface area contributed by atoms with Gasteiger partial charge >= 0.3 is 13.2 Å². The largest absolute Gasteiger partial charge is 0.494 e. The first kappa shape index (κ1) is 20.4. The number of aromatic nitrogens is 2. The standard InChI is InChI=1S/C20H28BN3O4/c1-12(2)16(24-18(25)26)17-22-11-15(23-17)13-7-9-14(10-8-13)21-27-19(3,4)20(5,6)28-21/h7-12,16,24H,1-6H3,(H,22,23)(H,25,26). The number of aromatic amines is 1. The van der Waals surface area contributed by atoms with Crippen molar-refractivity contribution >= 4 is 18.7 Å². The van der Waals surface area contributed by atoms with Crippen molar-refractivity contribution in [3.8, 4) is 11.3 Å². The van der Waals surface area contributed by atoms with Gasteiger partial charge < -0.3 is 24.7 Å². The summed E-state index contributed by atoms with van der Waals surface area (Å²) in [5.74, 6) is 0.670. The Morgan fingerprint density at radius 2 is 1.71 bits per heavy atom. The molecule has 1 aliphatic rings. The van der Waals surface area contributed by atoms with Crippen LogP contribution in [0.15, 0.2) is 30.5 Å². The van der Waals surface area contributed by atoms with Crippen molar-refractivity contribution in [1.29, 1.82) is 0 Å². The van der Waals surface area contributed by atoms with Crippen LogP contribution in [0.3, 0.4) is 0 Å². The third kappa shape index (κ3) is 3.93. The van der Waals surface area contributed by atoms with Crippen LogP contribution in [0.25, 0.3) is 11.3 Å². The van der Waals surface area contributed by atoms with Crippen LogP contribution in [0, 0.1) is 5.92 Å². The number of nitrogens with zero attached hydrogens (tertiary/aromatic N) is 1. The first-order valence-electron chi connectivity index (χ1n) is 9.50. The summed E-state index contributed by atoms with van der Waals surface area (Å²) in [5, 5.41) is 11.6. The number of carbonyl (C=O) groups is 1. The summed E-state index contributed by atoms with van der Waals surface area (Å²) in [6, 6.07) is 7.52. The molecule has 0 spiro atoms. The van der Waals surface area contributed by atoms with Gasteiger partial charge in [0.1, 0.15) is 5.82 Å².